The molecule has 0 radical (unpaired) electrons. The van der Waals surface area contributed by atoms with Gasteiger partial charge in [-0.1, -0.05) is 22.6 Å². The van der Waals surface area contributed by atoms with Gasteiger partial charge in [0.15, 0.2) is 0 Å². The Morgan fingerprint density at radius 3 is 2.33 bits per heavy atom. The predicted molar refractivity (Wildman–Crippen MR) is 56.6 cm³/mol. The molecule has 12 heavy (non-hydrogen) atoms. The number of halogens is 1. The van der Waals surface area contributed by atoms with Crippen molar-refractivity contribution in [1.82, 2.24) is 0 Å². The first-order valence-electron chi connectivity index (χ1n) is 5.03. The molecule has 2 aliphatic carbocycles. The lowest BCUT2D eigenvalue weighted by molar-refractivity contribution is -0.206. The van der Waals surface area contributed by atoms with Crippen LogP contribution in [0.2, 0.25) is 0 Å². The summed E-state index contributed by atoms with van der Waals surface area (Å²) in [6, 6.07) is 0. The first-order chi connectivity index (χ1) is 5.80. The Balaban J connectivity index is 1.90. The Morgan fingerprint density at radius 2 is 1.83 bits per heavy atom. The zero-order valence-corrected chi connectivity index (χ0v) is 9.42. The second-order valence-corrected chi connectivity index (χ2v) is 5.67. The van der Waals surface area contributed by atoms with Crippen molar-refractivity contribution in [2.75, 3.05) is 4.43 Å². The summed E-state index contributed by atoms with van der Waals surface area (Å²) in [4.78, 5) is 0. The van der Waals surface area contributed by atoms with Crippen LogP contribution in [0.1, 0.15) is 32.1 Å². The number of alkyl halides is 1. The third kappa shape index (κ3) is 1.07. The van der Waals surface area contributed by atoms with Crippen LogP contribution in [0.5, 0.6) is 0 Å². The van der Waals surface area contributed by atoms with Crippen LogP contribution in [0.15, 0.2) is 0 Å². The lowest BCUT2D eigenvalue weighted by atomic mass is 9.63. The van der Waals surface area contributed by atoms with Gasteiger partial charge in [-0.3, -0.25) is 0 Å². The first-order valence-corrected chi connectivity index (χ1v) is 6.56. The van der Waals surface area contributed by atoms with E-state index in [0.29, 0.717) is 11.7 Å². The Hall–Kier alpha value is 0.690. The van der Waals surface area contributed by atoms with Crippen LogP contribution in [0.4, 0.5) is 0 Å². The van der Waals surface area contributed by atoms with Gasteiger partial charge < -0.3 is 4.74 Å². The molecule has 68 valence electrons. The largest absolute Gasteiger partial charge is 0.371 e. The van der Waals surface area contributed by atoms with Gasteiger partial charge in [0.1, 0.15) is 0 Å². The van der Waals surface area contributed by atoms with Crippen molar-refractivity contribution < 1.29 is 4.74 Å². The van der Waals surface area contributed by atoms with E-state index in [1.54, 1.807) is 0 Å². The van der Waals surface area contributed by atoms with Crippen molar-refractivity contribution in [3.63, 3.8) is 0 Å². The highest BCUT2D eigenvalue weighted by Crippen LogP contribution is 2.53. The third-order valence-electron chi connectivity index (χ3n) is 3.84. The zero-order chi connectivity index (χ0) is 8.18. The van der Waals surface area contributed by atoms with Crippen LogP contribution in [0, 0.1) is 11.8 Å². The molecule has 2 heteroatoms. The molecule has 2 aliphatic heterocycles. The molecular weight excluding hydrogens is 263 g/mol. The number of hydrogen-bond acceptors (Lipinski definition) is 1. The molecule has 4 fully saturated rings. The molecule has 0 aromatic carbocycles. The SMILES string of the molecule is ICC12CC3CC(CC(C3)O1)C2. The lowest BCUT2D eigenvalue weighted by Gasteiger charge is -2.56. The average molecular weight is 278 g/mol. The van der Waals surface area contributed by atoms with Crippen LogP contribution in [-0.4, -0.2) is 16.1 Å². The molecule has 4 bridgehead atoms. The van der Waals surface area contributed by atoms with Crippen LogP contribution in [0.3, 0.4) is 0 Å². The molecule has 2 unspecified atom stereocenters. The van der Waals surface area contributed by atoms with Gasteiger partial charge in [0, 0.05) is 4.43 Å². The van der Waals surface area contributed by atoms with Gasteiger partial charge in [-0.25, -0.2) is 0 Å². The molecule has 2 atom stereocenters. The van der Waals surface area contributed by atoms with Crippen molar-refractivity contribution in [2.24, 2.45) is 11.8 Å². The van der Waals surface area contributed by atoms with Crippen molar-refractivity contribution in [1.29, 1.82) is 0 Å². The highest BCUT2D eigenvalue weighted by atomic mass is 127. The maximum atomic E-state index is 6.15. The summed E-state index contributed by atoms with van der Waals surface area (Å²) in [5.74, 6) is 2.04. The van der Waals surface area contributed by atoms with Gasteiger partial charge >= 0.3 is 0 Å². The van der Waals surface area contributed by atoms with E-state index >= 15 is 0 Å². The molecule has 4 rings (SSSR count). The van der Waals surface area contributed by atoms with E-state index in [1.165, 1.54) is 36.5 Å². The van der Waals surface area contributed by atoms with Crippen LogP contribution >= 0.6 is 22.6 Å². The molecular formula is C10H15IO. The molecule has 4 aliphatic rings. The molecule has 0 spiro atoms. The third-order valence-corrected chi connectivity index (χ3v) is 5.23. The summed E-state index contributed by atoms with van der Waals surface area (Å²) in [6.07, 6.45) is 7.62. The normalized spacial score (nSPS) is 56.2. The zero-order valence-electron chi connectivity index (χ0n) is 7.26. The fraction of sp³-hybridized carbons (Fsp3) is 1.00. The van der Waals surface area contributed by atoms with Gasteiger partial charge in [-0.05, 0) is 43.9 Å². The Bertz CT molecular complexity index is 167. The number of hydrogen-bond donors (Lipinski definition) is 0. The molecule has 0 aromatic heterocycles. The fourth-order valence-electron chi connectivity index (χ4n) is 3.66. The minimum atomic E-state index is 0.329. The van der Waals surface area contributed by atoms with Gasteiger partial charge in [0.05, 0.1) is 11.7 Å². The summed E-state index contributed by atoms with van der Waals surface area (Å²) < 4.78 is 7.37. The monoisotopic (exact) mass is 278 g/mol. The van der Waals surface area contributed by atoms with E-state index in [2.05, 4.69) is 22.6 Å². The molecule has 0 amide bonds. The minimum absolute atomic E-state index is 0.329. The maximum absolute atomic E-state index is 6.15. The smallest absolute Gasteiger partial charge is 0.0780 e. The summed E-state index contributed by atoms with van der Waals surface area (Å²) >= 11 is 2.51. The molecule has 2 heterocycles. The van der Waals surface area contributed by atoms with Crippen LogP contribution in [-0.2, 0) is 4.74 Å². The molecule has 2 saturated carbocycles. The lowest BCUT2D eigenvalue weighted by Crippen LogP contribution is -2.55. The van der Waals surface area contributed by atoms with Crippen molar-refractivity contribution >= 4 is 22.6 Å². The molecule has 2 saturated heterocycles. The topological polar surface area (TPSA) is 9.23 Å². The second-order valence-electron chi connectivity index (χ2n) is 4.90. The summed E-state index contributed by atoms with van der Waals surface area (Å²) in [6.45, 7) is 0. The van der Waals surface area contributed by atoms with E-state index in [0.717, 1.165) is 11.8 Å². The fourth-order valence-corrected chi connectivity index (χ4v) is 4.46. The number of ether oxygens (including phenoxy) is 1. The van der Waals surface area contributed by atoms with Gasteiger partial charge in [0.2, 0.25) is 0 Å². The summed E-state index contributed by atoms with van der Waals surface area (Å²) in [7, 11) is 0. The van der Waals surface area contributed by atoms with Crippen LogP contribution in [0.25, 0.3) is 0 Å². The standard InChI is InChI=1S/C10H15IO/c11-6-10-4-7-1-8(5-10)3-9(2-7)12-10/h7-9H,1-6H2. The highest BCUT2D eigenvalue weighted by Gasteiger charge is 2.51. The second kappa shape index (κ2) is 2.59. The van der Waals surface area contributed by atoms with E-state index in [-0.39, 0.29) is 0 Å². The van der Waals surface area contributed by atoms with E-state index < -0.39 is 0 Å². The van der Waals surface area contributed by atoms with Crippen molar-refractivity contribution in [3.05, 3.63) is 0 Å². The van der Waals surface area contributed by atoms with Gasteiger partial charge in [0.25, 0.3) is 0 Å². The van der Waals surface area contributed by atoms with Crippen LogP contribution < -0.4 is 0 Å². The van der Waals surface area contributed by atoms with E-state index in [9.17, 15) is 0 Å². The summed E-state index contributed by atoms with van der Waals surface area (Å²) in [5, 5.41) is 0. The molecule has 1 nitrogen and oxygen atoms in total. The quantitative estimate of drug-likeness (QED) is 0.529. The highest BCUT2D eigenvalue weighted by molar-refractivity contribution is 14.1. The minimum Gasteiger partial charge on any atom is -0.371 e. The predicted octanol–water partition coefficient (Wildman–Crippen LogP) is 2.77. The Morgan fingerprint density at radius 1 is 1.17 bits per heavy atom. The van der Waals surface area contributed by atoms with E-state index in [1.807, 2.05) is 0 Å². The van der Waals surface area contributed by atoms with Crippen molar-refractivity contribution in [2.45, 2.75) is 43.8 Å². The Labute approximate surface area is 87.4 Å². The molecule has 0 aromatic rings. The van der Waals surface area contributed by atoms with Crippen molar-refractivity contribution in [3.8, 4) is 0 Å². The van der Waals surface area contributed by atoms with Gasteiger partial charge in [-0.15, -0.1) is 0 Å². The maximum Gasteiger partial charge on any atom is 0.0780 e. The summed E-state index contributed by atoms with van der Waals surface area (Å²) in [5.41, 5.74) is 0.329. The van der Waals surface area contributed by atoms with Gasteiger partial charge in [-0.2, -0.15) is 0 Å². The van der Waals surface area contributed by atoms with E-state index in [4.69, 9.17) is 4.74 Å². The molecule has 0 N–H and O–H groups in total. The Kier molecular flexibility index (Phi) is 1.74. The average Bonchev–Trinajstić information content (AvgIpc) is 2.02. The first kappa shape index (κ1) is 8.04. The number of rotatable bonds is 1.